The first kappa shape index (κ1) is 22.9. The summed E-state index contributed by atoms with van der Waals surface area (Å²) in [7, 11) is 0. The molecule has 5 rings (SSSR count). The number of hydrogen-bond acceptors (Lipinski definition) is 7. The third-order valence-electron chi connectivity index (χ3n) is 6.77. The van der Waals surface area contributed by atoms with Crippen LogP contribution in [0.2, 0.25) is 0 Å². The lowest BCUT2D eigenvalue weighted by Crippen LogP contribution is -2.44. The van der Waals surface area contributed by atoms with E-state index in [9.17, 15) is 9.59 Å². The minimum atomic E-state index is -0.107. The molecule has 0 radical (unpaired) electrons. The van der Waals surface area contributed by atoms with Crippen molar-refractivity contribution in [2.45, 2.75) is 51.6 Å². The molecule has 1 aromatic carbocycles. The van der Waals surface area contributed by atoms with Crippen molar-refractivity contribution in [3.8, 4) is 0 Å². The summed E-state index contributed by atoms with van der Waals surface area (Å²) < 4.78 is 0. The predicted octanol–water partition coefficient (Wildman–Crippen LogP) is 1.54. The van der Waals surface area contributed by atoms with E-state index >= 15 is 0 Å². The van der Waals surface area contributed by atoms with Crippen LogP contribution in [0.15, 0.2) is 36.7 Å². The summed E-state index contributed by atoms with van der Waals surface area (Å²) in [6.45, 7) is 3.13. The molecule has 0 spiro atoms. The highest BCUT2D eigenvalue weighted by atomic mass is 16.2. The van der Waals surface area contributed by atoms with E-state index in [0.29, 0.717) is 44.5 Å². The second kappa shape index (κ2) is 10.2. The molecule has 3 aromatic rings. The molecule has 1 aliphatic heterocycles. The average molecular weight is 475 g/mol. The van der Waals surface area contributed by atoms with Crippen LogP contribution in [0.3, 0.4) is 0 Å². The van der Waals surface area contributed by atoms with Crippen molar-refractivity contribution in [1.29, 1.82) is 0 Å². The molecule has 2 aromatic heterocycles. The monoisotopic (exact) mass is 474 g/mol. The Bertz CT molecular complexity index is 1170. The van der Waals surface area contributed by atoms with Gasteiger partial charge in [-0.2, -0.15) is 15.4 Å². The summed E-state index contributed by atoms with van der Waals surface area (Å²) in [6.07, 6.45) is 7.55. The number of aromatic nitrogens is 5. The van der Waals surface area contributed by atoms with Gasteiger partial charge in [-0.15, -0.1) is 0 Å². The van der Waals surface area contributed by atoms with E-state index in [1.165, 1.54) is 18.1 Å². The molecule has 0 saturated carbocycles. The Morgan fingerprint density at radius 1 is 1.17 bits per heavy atom. The van der Waals surface area contributed by atoms with Gasteiger partial charge in [0.1, 0.15) is 0 Å². The number of rotatable bonds is 8. The third-order valence-corrected chi connectivity index (χ3v) is 6.77. The van der Waals surface area contributed by atoms with Gasteiger partial charge in [-0.25, -0.2) is 9.97 Å². The molecule has 0 saturated heterocycles. The number of amides is 2. The van der Waals surface area contributed by atoms with Gasteiger partial charge < -0.3 is 15.1 Å². The van der Waals surface area contributed by atoms with Gasteiger partial charge in [0.15, 0.2) is 0 Å². The lowest BCUT2D eigenvalue weighted by molar-refractivity contribution is -0.140. The topological polar surface area (TPSA) is 120 Å². The zero-order valence-electron chi connectivity index (χ0n) is 19.9. The first-order valence-electron chi connectivity index (χ1n) is 12.1. The van der Waals surface area contributed by atoms with Crippen LogP contribution in [0.5, 0.6) is 0 Å². The molecule has 0 unspecified atom stereocenters. The third kappa shape index (κ3) is 5.47. The Balaban J connectivity index is 1.14. The fraction of sp³-hybridized carbons (Fsp3) is 0.440. The second-order valence-electron chi connectivity index (χ2n) is 9.25. The van der Waals surface area contributed by atoms with Crippen LogP contribution in [0, 0.1) is 0 Å². The fourth-order valence-electron chi connectivity index (χ4n) is 4.85. The molecule has 0 bridgehead atoms. The summed E-state index contributed by atoms with van der Waals surface area (Å²) >= 11 is 0. The molecule has 0 fully saturated rings. The van der Waals surface area contributed by atoms with Crippen molar-refractivity contribution in [2.24, 2.45) is 0 Å². The molecular formula is C25H30N8O2. The van der Waals surface area contributed by atoms with Crippen molar-refractivity contribution >= 4 is 17.8 Å². The Morgan fingerprint density at radius 3 is 2.69 bits per heavy atom. The molecular weight excluding hydrogens is 444 g/mol. The Hall–Kier alpha value is -3.82. The first-order valence-corrected chi connectivity index (χ1v) is 12.1. The van der Waals surface area contributed by atoms with Crippen LogP contribution in [-0.4, -0.2) is 72.7 Å². The van der Waals surface area contributed by atoms with Crippen LogP contribution < -0.4 is 5.32 Å². The lowest BCUT2D eigenvalue weighted by atomic mass is 10.1. The number of fused-ring (bicyclic) bond motifs is 2. The van der Waals surface area contributed by atoms with Gasteiger partial charge in [-0.1, -0.05) is 24.3 Å². The molecule has 2 aliphatic rings. The second-order valence-corrected chi connectivity index (χ2v) is 9.25. The highest BCUT2D eigenvalue weighted by molar-refractivity contribution is 5.84. The standard InChI is InChI=1S/C25H30N8O2/c1-17(34)32(9-4-7-21-14-27-31-30-21)16-24(35)33-10-8-23-20(15-33)13-26-25(29-23)28-22-11-18-5-2-3-6-19(18)12-22/h2-3,5-6,13-14,22H,4,7-12,15-16H2,1H3,(H,26,28,29)(H,27,30,31). The van der Waals surface area contributed by atoms with Gasteiger partial charge in [0.05, 0.1) is 24.1 Å². The van der Waals surface area contributed by atoms with Crippen molar-refractivity contribution < 1.29 is 9.59 Å². The van der Waals surface area contributed by atoms with Crippen LogP contribution in [0.4, 0.5) is 5.95 Å². The van der Waals surface area contributed by atoms with E-state index in [0.717, 1.165) is 36.2 Å². The number of anilines is 1. The fourth-order valence-corrected chi connectivity index (χ4v) is 4.85. The Kier molecular flexibility index (Phi) is 6.69. The molecule has 182 valence electrons. The summed E-state index contributed by atoms with van der Waals surface area (Å²) in [5, 5.41) is 13.9. The number of carbonyl (C=O) groups is 2. The molecule has 1 aliphatic carbocycles. The van der Waals surface area contributed by atoms with Crippen LogP contribution >= 0.6 is 0 Å². The molecule has 2 N–H and O–H groups in total. The number of hydrogen-bond donors (Lipinski definition) is 2. The Morgan fingerprint density at radius 2 is 1.97 bits per heavy atom. The van der Waals surface area contributed by atoms with E-state index < -0.39 is 0 Å². The summed E-state index contributed by atoms with van der Waals surface area (Å²) in [6, 6.07) is 8.82. The lowest BCUT2D eigenvalue weighted by Gasteiger charge is -2.30. The quantitative estimate of drug-likeness (QED) is 0.508. The van der Waals surface area contributed by atoms with Crippen molar-refractivity contribution in [1.82, 2.24) is 35.2 Å². The number of aryl methyl sites for hydroxylation is 1. The normalized spacial score (nSPS) is 14.9. The molecule has 10 heteroatoms. The molecule has 35 heavy (non-hydrogen) atoms. The van der Waals surface area contributed by atoms with E-state index in [1.54, 1.807) is 16.0 Å². The minimum Gasteiger partial charge on any atom is -0.351 e. The minimum absolute atomic E-state index is 0.0572. The number of nitrogens with one attached hydrogen (secondary N) is 2. The number of nitrogens with zero attached hydrogens (tertiary/aromatic N) is 6. The first-order chi connectivity index (χ1) is 17.0. The van der Waals surface area contributed by atoms with Gasteiger partial charge in [0, 0.05) is 50.8 Å². The maximum absolute atomic E-state index is 13.0. The SMILES string of the molecule is CC(=O)N(CCCc1cn[nH]n1)CC(=O)N1CCc2nc(NC3Cc4ccccc4C3)ncc2C1. The van der Waals surface area contributed by atoms with Crippen LogP contribution in [0.1, 0.15) is 41.4 Å². The molecule has 10 nitrogen and oxygen atoms in total. The summed E-state index contributed by atoms with van der Waals surface area (Å²) in [4.78, 5) is 37.7. The van der Waals surface area contributed by atoms with Crippen molar-refractivity contribution in [2.75, 3.05) is 25.0 Å². The maximum Gasteiger partial charge on any atom is 0.242 e. The van der Waals surface area contributed by atoms with E-state index in [4.69, 9.17) is 4.98 Å². The predicted molar refractivity (Wildman–Crippen MR) is 129 cm³/mol. The van der Waals surface area contributed by atoms with Crippen LogP contribution in [0.25, 0.3) is 0 Å². The number of H-pyrrole nitrogens is 1. The highest BCUT2D eigenvalue weighted by Gasteiger charge is 2.26. The average Bonchev–Trinajstić information content (AvgIpc) is 3.52. The zero-order valence-corrected chi connectivity index (χ0v) is 19.9. The number of benzene rings is 1. The van der Waals surface area contributed by atoms with E-state index in [2.05, 4.69) is 50.0 Å². The molecule has 2 amide bonds. The number of carbonyl (C=O) groups excluding carboxylic acids is 2. The van der Waals surface area contributed by atoms with E-state index in [-0.39, 0.29) is 18.4 Å². The highest BCUT2D eigenvalue weighted by Crippen LogP contribution is 2.24. The summed E-state index contributed by atoms with van der Waals surface area (Å²) in [5.41, 5.74) is 5.56. The smallest absolute Gasteiger partial charge is 0.242 e. The van der Waals surface area contributed by atoms with E-state index in [1.807, 2.05) is 6.20 Å². The largest absolute Gasteiger partial charge is 0.351 e. The zero-order chi connectivity index (χ0) is 24.2. The molecule has 3 heterocycles. The van der Waals surface area contributed by atoms with Crippen molar-refractivity contribution in [3.63, 3.8) is 0 Å². The van der Waals surface area contributed by atoms with Crippen molar-refractivity contribution in [3.05, 3.63) is 64.7 Å². The van der Waals surface area contributed by atoms with Gasteiger partial charge >= 0.3 is 0 Å². The van der Waals surface area contributed by atoms with Gasteiger partial charge in [0.25, 0.3) is 0 Å². The molecule has 0 atom stereocenters. The van der Waals surface area contributed by atoms with Gasteiger partial charge in [-0.05, 0) is 36.8 Å². The number of aromatic amines is 1. The van der Waals surface area contributed by atoms with Gasteiger partial charge in [0.2, 0.25) is 17.8 Å². The van der Waals surface area contributed by atoms with Gasteiger partial charge in [-0.3, -0.25) is 9.59 Å². The summed E-state index contributed by atoms with van der Waals surface area (Å²) in [5.74, 6) is 0.485. The van der Waals surface area contributed by atoms with Crippen LogP contribution in [-0.2, 0) is 41.8 Å². The maximum atomic E-state index is 13.0. The Labute approximate surface area is 204 Å².